The van der Waals surface area contributed by atoms with E-state index in [0.29, 0.717) is 0 Å². The number of hydrogen-bond donors (Lipinski definition) is 4. The van der Waals surface area contributed by atoms with Crippen molar-refractivity contribution in [3.8, 4) is 0 Å². The first kappa shape index (κ1) is 13.3. The molecule has 1 amide bonds. The predicted molar refractivity (Wildman–Crippen MR) is 54.9 cm³/mol. The van der Waals surface area contributed by atoms with E-state index < -0.39 is 34.1 Å². The van der Waals surface area contributed by atoms with Crippen LogP contribution < -0.4 is 5.32 Å². The maximum Gasteiger partial charge on any atom is 0.272 e. The van der Waals surface area contributed by atoms with Crippen molar-refractivity contribution in [1.82, 2.24) is 5.32 Å². The van der Waals surface area contributed by atoms with Gasteiger partial charge in [0.2, 0.25) is 0 Å². The van der Waals surface area contributed by atoms with Gasteiger partial charge in [-0.25, -0.2) is 0 Å². The quantitative estimate of drug-likeness (QED) is 0.479. The number of halogens is 3. The summed E-state index contributed by atoms with van der Waals surface area (Å²) in [6.45, 7) is 0. The number of alkyl halides is 3. The highest BCUT2D eigenvalue weighted by Crippen LogP contribution is 2.28. The van der Waals surface area contributed by atoms with Crippen LogP contribution in [0, 0.1) is 0 Å². The molecule has 0 aromatic carbocycles. The molecule has 0 saturated heterocycles. The Morgan fingerprint density at radius 2 is 1.73 bits per heavy atom. The largest absolute Gasteiger partial charge is 0.390 e. The number of hydrogen-bond acceptors (Lipinski definition) is 4. The number of carbonyl (C=O) groups is 1. The van der Waals surface area contributed by atoms with Crippen molar-refractivity contribution in [2.75, 3.05) is 0 Å². The van der Waals surface area contributed by atoms with Crippen LogP contribution in [0.15, 0.2) is 0 Å². The molecule has 1 rings (SSSR count). The lowest BCUT2D eigenvalue weighted by Crippen LogP contribution is -2.47. The molecule has 0 heterocycles. The molecule has 4 atom stereocenters. The van der Waals surface area contributed by atoms with Gasteiger partial charge in [-0.15, -0.1) is 0 Å². The Bertz CT molecular complexity index is 257. The van der Waals surface area contributed by atoms with Crippen molar-refractivity contribution in [3.63, 3.8) is 0 Å². The average Bonchev–Trinajstić information content (AvgIpc) is 2.32. The van der Waals surface area contributed by atoms with Crippen LogP contribution in [0.5, 0.6) is 0 Å². The van der Waals surface area contributed by atoms with E-state index in [2.05, 4.69) is 5.32 Å². The van der Waals surface area contributed by atoms with Crippen LogP contribution in [0.2, 0.25) is 0 Å². The van der Waals surface area contributed by atoms with Crippen LogP contribution in [0.4, 0.5) is 0 Å². The second kappa shape index (κ2) is 4.61. The highest BCUT2D eigenvalue weighted by molar-refractivity contribution is 6.76. The molecule has 8 heteroatoms. The highest BCUT2D eigenvalue weighted by Gasteiger charge is 2.43. The Balaban J connectivity index is 2.58. The fraction of sp³-hybridized carbons (Fsp3) is 0.857. The molecule has 0 aliphatic heterocycles. The summed E-state index contributed by atoms with van der Waals surface area (Å²) in [5.41, 5.74) is 0. The highest BCUT2D eigenvalue weighted by atomic mass is 35.6. The van der Waals surface area contributed by atoms with E-state index in [1.54, 1.807) is 0 Å². The minimum atomic E-state index is -2.13. The van der Waals surface area contributed by atoms with E-state index in [1.807, 2.05) is 0 Å². The van der Waals surface area contributed by atoms with Crippen LogP contribution in [0.25, 0.3) is 0 Å². The molecule has 0 aromatic rings. The SMILES string of the molecule is O=C(N[C@@H]1C[C@H](O)[C@H](O)[C@@H]1O)C(Cl)(Cl)Cl. The Morgan fingerprint density at radius 3 is 2.07 bits per heavy atom. The van der Waals surface area contributed by atoms with Crippen molar-refractivity contribution in [1.29, 1.82) is 0 Å². The van der Waals surface area contributed by atoms with Gasteiger partial charge in [-0.1, -0.05) is 34.8 Å². The monoisotopic (exact) mass is 277 g/mol. The lowest BCUT2D eigenvalue weighted by atomic mass is 10.2. The third kappa shape index (κ3) is 3.09. The van der Waals surface area contributed by atoms with Crippen LogP contribution in [0.1, 0.15) is 6.42 Å². The number of carbonyl (C=O) groups excluding carboxylic acids is 1. The Hall–Kier alpha value is 0.220. The normalized spacial score (nSPS) is 36.7. The number of aliphatic hydroxyl groups excluding tert-OH is 3. The zero-order chi connectivity index (χ0) is 11.8. The molecule has 1 fully saturated rings. The lowest BCUT2D eigenvalue weighted by molar-refractivity contribution is -0.121. The van der Waals surface area contributed by atoms with Gasteiger partial charge in [0.25, 0.3) is 9.70 Å². The van der Waals surface area contributed by atoms with Crippen molar-refractivity contribution in [3.05, 3.63) is 0 Å². The summed E-state index contributed by atoms with van der Waals surface area (Å²) < 4.78 is -2.13. The summed E-state index contributed by atoms with van der Waals surface area (Å²) in [7, 11) is 0. The molecular formula is C7H10Cl3NO4. The summed E-state index contributed by atoms with van der Waals surface area (Å²) in [6, 6.07) is -0.821. The van der Waals surface area contributed by atoms with E-state index in [0.717, 1.165) is 0 Å². The molecule has 0 aromatic heterocycles. The topological polar surface area (TPSA) is 89.8 Å². The lowest BCUT2D eigenvalue weighted by Gasteiger charge is -2.20. The van der Waals surface area contributed by atoms with Gasteiger partial charge in [-0.2, -0.15) is 0 Å². The van der Waals surface area contributed by atoms with Gasteiger partial charge in [0.15, 0.2) is 0 Å². The van der Waals surface area contributed by atoms with Crippen molar-refractivity contribution < 1.29 is 20.1 Å². The minimum absolute atomic E-state index is 0.00875. The molecule has 1 saturated carbocycles. The molecule has 1 aliphatic rings. The Morgan fingerprint density at radius 1 is 1.20 bits per heavy atom. The van der Waals surface area contributed by atoms with Gasteiger partial charge in [-0.3, -0.25) is 4.79 Å². The number of amides is 1. The third-order valence-electron chi connectivity index (χ3n) is 2.23. The summed E-state index contributed by atoms with van der Waals surface area (Å²) >= 11 is 15.9. The van der Waals surface area contributed by atoms with Crippen molar-refractivity contribution >= 4 is 40.7 Å². The minimum Gasteiger partial charge on any atom is -0.390 e. The second-order valence-corrected chi connectivity index (χ2v) is 5.64. The van der Waals surface area contributed by atoms with Gasteiger partial charge < -0.3 is 20.6 Å². The van der Waals surface area contributed by atoms with E-state index >= 15 is 0 Å². The molecule has 15 heavy (non-hydrogen) atoms. The van der Waals surface area contributed by atoms with Gasteiger partial charge in [-0.05, 0) is 6.42 Å². The fourth-order valence-corrected chi connectivity index (χ4v) is 1.56. The second-order valence-electron chi connectivity index (χ2n) is 3.36. The van der Waals surface area contributed by atoms with Gasteiger partial charge in [0.05, 0.1) is 12.1 Å². The zero-order valence-corrected chi connectivity index (χ0v) is 9.67. The number of rotatable bonds is 1. The van der Waals surface area contributed by atoms with E-state index in [9.17, 15) is 20.1 Å². The molecule has 0 unspecified atom stereocenters. The average molecular weight is 279 g/mol. The Kier molecular flexibility index (Phi) is 4.08. The van der Waals surface area contributed by atoms with Crippen molar-refractivity contribution in [2.45, 2.75) is 34.6 Å². The number of nitrogens with one attached hydrogen (secondary N) is 1. The van der Waals surface area contributed by atoms with Crippen LogP contribution in [-0.2, 0) is 4.79 Å². The summed E-state index contributed by atoms with van der Waals surface area (Å²) in [4.78, 5) is 11.2. The maximum atomic E-state index is 11.2. The molecule has 0 radical (unpaired) electrons. The van der Waals surface area contributed by atoms with Crippen LogP contribution >= 0.6 is 34.8 Å². The van der Waals surface area contributed by atoms with Gasteiger partial charge in [0.1, 0.15) is 12.2 Å². The summed E-state index contributed by atoms with van der Waals surface area (Å²) in [5.74, 6) is -0.905. The zero-order valence-electron chi connectivity index (χ0n) is 7.40. The molecule has 0 spiro atoms. The third-order valence-corrected chi connectivity index (χ3v) is 2.74. The number of aliphatic hydroxyl groups is 3. The van der Waals surface area contributed by atoms with Gasteiger partial charge >= 0.3 is 0 Å². The molecule has 5 nitrogen and oxygen atoms in total. The molecule has 4 N–H and O–H groups in total. The summed E-state index contributed by atoms with van der Waals surface area (Å²) in [6.07, 6.45) is -3.66. The van der Waals surface area contributed by atoms with E-state index in [1.165, 1.54) is 0 Å². The maximum absolute atomic E-state index is 11.2. The molecular weight excluding hydrogens is 268 g/mol. The predicted octanol–water partition coefficient (Wildman–Crippen LogP) is -0.672. The first-order chi connectivity index (χ1) is 6.73. The molecule has 1 aliphatic carbocycles. The molecule has 88 valence electrons. The smallest absolute Gasteiger partial charge is 0.272 e. The van der Waals surface area contributed by atoms with Crippen molar-refractivity contribution in [2.24, 2.45) is 0 Å². The van der Waals surface area contributed by atoms with Gasteiger partial charge in [0, 0.05) is 0 Å². The van der Waals surface area contributed by atoms with Crippen LogP contribution in [0.3, 0.4) is 0 Å². The first-order valence-electron chi connectivity index (χ1n) is 4.15. The summed E-state index contributed by atoms with van der Waals surface area (Å²) in [5, 5.41) is 30.0. The molecule has 0 bridgehead atoms. The van der Waals surface area contributed by atoms with Crippen LogP contribution in [-0.4, -0.2) is 49.4 Å². The first-order valence-corrected chi connectivity index (χ1v) is 5.28. The fourth-order valence-electron chi connectivity index (χ4n) is 1.40. The van der Waals surface area contributed by atoms with E-state index in [4.69, 9.17) is 34.8 Å². The standard InChI is InChI=1S/C7H10Cl3NO4/c8-7(9,10)6(15)11-2-1-3(12)5(14)4(2)13/h2-5,12-14H,1H2,(H,11,15)/t2-,3+,4-,5+/m1/s1. The van der Waals surface area contributed by atoms with E-state index in [-0.39, 0.29) is 6.42 Å². The Labute approximate surface area is 101 Å².